The summed E-state index contributed by atoms with van der Waals surface area (Å²) in [6.07, 6.45) is 4.18. The van der Waals surface area contributed by atoms with Crippen molar-refractivity contribution >= 4 is 10.0 Å². The van der Waals surface area contributed by atoms with Gasteiger partial charge in [0, 0.05) is 13.1 Å². The third kappa shape index (κ3) is 3.25. The summed E-state index contributed by atoms with van der Waals surface area (Å²) in [5.41, 5.74) is 5.56. The second-order valence-electron chi connectivity index (χ2n) is 3.69. The molecule has 1 unspecified atom stereocenters. The molecule has 0 aromatic heterocycles. The van der Waals surface area contributed by atoms with Gasteiger partial charge < -0.3 is 5.73 Å². The Kier molecular flexibility index (Phi) is 3.70. The van der Waals surface area contributed by atoms with Crippen LogP contribution in [-0.4, -0.2) is 38.6 Å². The number of hydrogen-bond donors (Lipinski definition) is 1. The van der Waals surface area contributed by atoms with Gasteiger partial charge in [0.15, 0.2) is 0 Å². The molecule has 0 aromatic rings. The van der Waals surface area contributed by atoms with E-state index >= 15 is 0 Å². The Labute approximate surface area is 80.1 Å². The summed E-state index contributed by atoms with van der Waals surface area (Å²) in [5, 5.41) is 0. The van der Waals surface area contributed by atoms with Gasteiger partial charge >= 0.3 is 0 Å². The highest BCUT2D eigenvalue weighted by Crippen LogP contribution is 2.17. The third-order valence-corrected chi connectivity index (χ3v) is 3.91. The molecule has 1 rings (SSSR count). The smallest absolute Gasteiger partial charge is 0.211 e. The lowest BCUT2D eigenvalue weighted by Crippen LogP contribution is -2.31. The highest BCUT2D eigenvalue weighted by Gasteiger charge is 2.21. The molecular formula is C8H18N2O2S. The van der Waals surface area contributed by atoms with Crippen molar-refractivity contribution in [2.75, 3.05) is 25.9 Å². The Balaban J connectivity index is 2.55. The first-order valence-electron chi connectivity index (χ1n) is 4.69. The molecule has 0 saturated carbocycles. The molecule has 0 aliphatic carbocycles. The second kappa shape index (κ2) is 4.39. The van der Waals surface area contributed by atoms with Crippen molar-refractivity contribution < 1.29 is 8.42 Å². The average molecular weight is 206 g/mol. The van der Waals surface area contributed by atoms with Gasteiger partial charge in [-0.05, 0) is 31.7 Å². The predicted octanol–water partition coefficient (Wildman–Crippen LogP) is 0.00680. The van der Waals surface area contributed by atoms with Crippen molar-refractivity contribution in [2.24, 2.45) is 11.7 Å². The molecule has 2 N–H and O–H groups in total. The lowest BCUT2D eigenvalue weighted by Gasteiger charge is -2.16. The third-order valence-electron chi connectivity index (χ3n) is 2.61. The van der Waals surface area contributed by atoms with Gasteiger partial charge in [0.05, 0.1) is 6.26 Å². The number of rotatable bonds is 2. The maximum Gasteiger partial charge on any atom is 0.211 e. The molecule has 0 amide bonds. The summed E-state index contributed by atoms with van der Waals surface area (Å²) in [6.45, 7) is 1.98. The summed E-state index contributed by atoms with van der Waals surface area (Å²) in [5.74, 6) is 0.506. The largest absolute Gasteiger partial charge is 0.330 e. The van der Waals surface area contributed by atoms with Crippen molar-refractivity contribution in [3.8, 4) is 0 Å². The van der Waals surface area contributed by atoms with Crippen molar-refractivity contribution in [1.29, 1.82) is 0 Å². The van der Waals surface area contributed by atoms with Gasteiger partial charge in [-0.15, -0.1) is 0 Å². The molecule has 1 fully saturated rings. The molecule has 1 aliphatic heterocycles. The first-order valence-corrected chi connectivity index (χ1v) is 6.54. The summed E-state index contributed by atoms with van der Waals surface area (Å²) in [7, 11) is -2.99. The van der Waals surface area contributed by atoms with Gasteiger partial charge in [0.1, 0.15) is 0 Å². The quantitative estimate of drug-likeness (QED) is 0.692. The van der Waals surface area contributed by atoms with Crippen LogP contribution in [0.4, 0.5) is 0 Å². The van der Waals surface area contributed by atoms with Gasteiger partial charge in [-0.3, -0.25) is 0 Å². The number of hydrogen-bond acceptors (Lipinski definition) is 3. The molecule has 78 valence electrons. The summed E-state index contributed by atoms with van der Waals surface area (Å²) in [6, 6.07) is 0. The molecule has 0 bridgehead atoms. The lowest BCUT2D eigenvalue weighted by atomic mass is 10.0. The van der Waals surface area contributed by atoms with Crippen molar-refractivity contribution in [2.45, 2.75) is 19.3 Å². The van der Waals surface area contributed by atoms with Crippen LogP contribution in [0.25, 0.3) is 0 Å². The van der Waals surface area contributed by atoms with E-state index in [1.807, 2.05) is 0 Å². The van der Waals surface area contributed by atoms with Crippen LogP contribution >= 0.6 is 0 Å². The standard InChI is InChI=1S/C8H18N2O2S/c1-13(11,12)10-5-2-3-8(7-9)4-6-10/h8H,2-7,9H2,1H3. The van der Waals surface area contributed by atoms with E-state index in [0.717, 1.165) is 19.3 Å². The van der Waals surface area contributed by atoms with E-state index in [1.165, 1.54) is 6.26 Å². The van der Waals surface area contributed by atoms with Crippen molar-refractivity contribution in [3.05, 3.63) is 0 Å². The molecule has 5 heteroatoms. The van der Waals surface area contributed by atoms with E-state index in [-0.39, 0.29) is 0 Å². The van der Waals surface area contributed by atoms with Gasteiger partial charge in [0.25, 0.3) is 0 Å². The van der Waals surface area contributed by atoms with E-state index in [2.05, 4.69) is 0 Å². The highest BCUT2D eigenvalue weighted by molar-refractivity contribution is 7.88. The van der Waals surface area contributed by atoms with Crippen LogP contribution < -0.4 is 5.73 Å². The zero-order valence-electron chi connectivity index (χ0n) is 8.07. The molecule has 0 aromatic carbocycles. The minimum absolute atomic E-state index is 0.506. The van der Waals surface area contributed by atoms with Crippen molar-refractivity contribution in [1.82, 2.24) is 4.31 Å². The highest BCUT2D eigenvalue weighted by atomic mass is 32.2. The lowest BCUT2D eigenvalue weighted by molar-refractivity contribution is 0.416. The molecule has 1 saturated heterocycles. The normalized spacial score (nSPS) is 27.1. The number of nitrogens with zero attached hydrogens (tertiary/aromatic N) is 1. The SMILES string of the molecule is CS(=O)(=O)N1CCCC(CN)CC1. The van der Waals surface area contributed by atoms with Crippen LogP contribution in [0.1, 0.15) is 19.3 Å². The molecule has 4 nitrogen and oxygen atoms in total. The molecule has 1 aliphatic rings. The predicted molar refractivity (Wildman–Crippen MR) is 52.8 cm³/mol. The monoisotopic (exact) mass is 206 g/mol. The maximum atomic E-state index is 11.2. The first kappa shape index (κ1) is 10.9. The number of sulfonamides is 1. The van der Waals surface area contributed by atoms with Gasteiger partial charge in [0.2, 0.25) is 10.0 Å². The van der Waals surface area contributed by atoms with Crippen LogP contribution in [0.2, 0.25) is 0 Å². The molecule has 13 heavy (non-hydrogen) atoms. The van der Waals surface area contributed by atoms with E-state index in [0.29, 0.717) is 25.6 Å². The molecule has 1 heterocycles. The average Bonchev–Trinajstić information content (AvgIpc) is 2.26. The Morgan fingerprint density at radius 1 is 1.38 bits per heavy atom. The molecule has 1 atom stereocenters. The fourth-order valence-corrected chi connectivity index (χ4v) is 2.60. The van der Waals surface area contributed by atoms with E-state index in [4.69, 9.17) is 5.73 Å². The van der Waals surface area contributed by atoms with Crippen LogP contribution in [0.15, 0.2) is 0 Å². The van der Waals surface area contributed by atoms with Crippen LogP contribution in [-0.2, 0) is 10.0 Å². The van der Waals surface area contributed by atoms with E-state index in [1.54, 1.807) is 4.31 Å². The van der Waals surface area contributed by atoms with Crippen LogP contribution in [0.5, 0.6) is 0 Å². The zero-order chi connectivity index (χ0) is 9.90. The Morgan fingerprint density at radius 3 is 2.62 bits per heavy atom. The molecular weight excluding hydrogens is 188 g/mol. The number of nitrogens with two attached hydrogens (primary N) is 1. The minimum Gasteiger partial charge on any atom is -0.330 e. The minimum atomic E-state index is -2.99. The van der Waals surface area contributed by atoms with E-state index < -0.39 is 10.0 Å². The summed E-state index contributed by atoms with van der Waals surface area (Å²) < 4.78 is 24.0. The molecule has 0 spiro atoms. The topological polar surface area (TPSA) is 63.4 Å². The van der Waals surface area contributed by atoms with Crippen molar-refractivity contribution in [3.63, 3.8) is 0 Å². The Morgan fingerprint density at radius 2 is 2.08 bits per heavy atom. The first-order chi connectivity index (χ1) is 6.04. The maximum absolute atomic E-state index is 11.2. The Hall–Kier alpha value is -0.130. The van der Waals surface area contributed by atoms with Crippen LogP contribution in [0, 0.1) is 5.92 Å². The van der Waals surface area contributed by atoms with Gasteiger partial charge in [-0.1, -0.05) is 0 Å². The fourth-order valence-electron chi connectivity index (χ4n) is 1.71. The Bertz CT molecular complexity index is 251. The fraction of sp³-hybridized carbons (Fsp3) is 1.00. The second-order valence-corrected chi connectivity index (χ2v) is 5.68. The summed E-state index contributed by atoms with van der Waals surface area (Å²) in [4.78, 5) is 0. The van der Waals surface area contributed by atoms with Gasteiger partial charge in [-0.2, -0.15) is 0 Å². The summed E-state index contributed by atoms with van der Waals surface area (Å²) >= 11 is 0. The van der Waals surface area contributed by atoms with E-state index in [9.17, 15) is 8.42 Å². The van der Waals surface area contributed by atoms with Crippen LogP contribution in [0.3, 0.4) is 0 Å². The van der Waals surface area contributed by atoms with Gasteiger partial charge in [-0.25, -0.2) is 12.7 Å². The molecule has 0 radical (unpaired) electrons. The zero-order valence-corrected chi connectivity index (χ0v) is 8.89.